The van der Waals surface area contributed by atoms with Crippen LogP contribution in [0.1, 0.15) is 6.42 Å². The summed E-state index contributed by atoms with van der Waals surface area (Å²) in [4.78, 5) is 5.37. The van der Waals surface area contributed by atoms with Gasteiger partial charge in [0.1, 0.15) is 0 Å². The van der Waals surface area contributed by atoms with E-state index in [0.29, 0.717) is 13.4 Å². The van der Waals surface area contributed by atoms with E-state index in [1.165, 1.54) is 0 Å². The third-order valence-corrected chi connectivity index (χ3v) is 2.39. The molecule has 1 aliphatic heterocycles. The Balaban J connectivity index is 1.95. The summed E-state index contributed by atoms with van der Waals surface area (Å²) in [5.74, 6) is 0. The largest absolute Gasteiger partial charge is 0.385 e. The smallest absolute Gasteiger partial charge is 0.173 e. The molecule has 4 heteroatoms. The van der Waals surface area contributed by atoms with Gasteiger partial charge in [-0.2, -0.15) is 0 Å². The fraction of sp³-hybridized carbons (Fsp3) is 0.417. The minimum absolute atomic E-state index is 0.335. The predicted molar refractivity (Wildman–Crippen MR) is 64.2 cm³/mol. The second-order valence-corrected chi connectivity index (χ2v) is 3.58. The van der Waals surface area contributed by atoms with Crippen LogP contribution in [0.3, 0.4) is 0 Å². The molecule has 0 atom stereocenters. The Kier molecular flexibility index (Phi) is 4.02. The van der Waals surface area contributed by atoms with Crippen molar-refractivity contribution in [2.24, 2.45) is 0 Å². The highest BCUT2D eigenvalue weighted by molar-refractivity contribution is 5.53. The number of ether oxygens (including phenoxy) is 1. The molecule has 0 unspecified atom stereocenters. The summed E-state index contributed by atoms with van der Waals surface area (Å²) in [5.41, 5.74) is 2.17. The van der Waals surface area contributed by atoms with Crippen molar-refractivity contribution in [2.75, 3.05) is 36.9 Å². The van der Waals surface area contributed by atoms with E-state index in [9.17, 15) is 0 Å². The van der Waals surface area contributed by atoms with E-state index < -0.39 is 0 Å². The molecule has 0 spiro atoms. The van der Waals surface area contributed by atoms with Crippen molar-refractivity contribution in [3.05, 3.63) is 31.2 Å². The first-order valence-electron chi connectivity index (χ1n) is 5.51. The molecule has 87 valence electrons. The average Bonchev–Trinajstić information content (AvgIpc) is 2.38. The fourth-order valence-electron chi connectivity index (χ4n) is 1.55. The number of hydrogen-bond acceptors (Lipinski definition) is 4. The molecule has 1 aromatic rings. The van der Waals surface area contributed by atoms with Crippen LogP contribution >= 0.6 is 0 Å². The van der Waals surface area contributed by atoms with Crippen LogP contribution in [0.15, 0.2) is 24.3 Å². The molecular weight excluding hydrogens is 204 g/mol. The van der Waals surface area contributed by atoms with Gasteiger partial charge in [-0.3, -0.25) is 0 Å². The van der Waals surface area contributed by atoms with Gasteiger partial charge in [0.05, 0.1) is 18.8 Å². The van der Waals surface area contributed by atoms with Crippen molar-refractivity contribution in [3.8, 4) is 0 Å². The number of anilines is 2. The minimum atomic E-state index is 0.335. The summed E-state index contributed by atoms with van der Waals surface area (Å²) in [5, 5.41) is 5.13. The zero-order valence-electron chi connectivity index (χ0n) is 9.32. The van der Waals surface area contributed by atoms with Crippen LogP contribution in [0.25, 0.3) is 0 Å². The molecule has 0 saturated carbocycles. The maximum absolute atomic E-state index is 5.37. The Bertz CT molecular complexity index is 307. The highest BCUT2D eigenvalue weighted by Gasteiger charge is 2.11. The van der Waals surface area contributed by atoms with Crippen molar-refractivity contribution < 1.29 is 9.57 Å². The van der Waals surface area contributed by atoms with Gasteiger partial charge in [-0.1, -0.05) is 6.92 Å². The van der Waals surface area contributed by atoms with Gasteiger partial charge in [-0.25, -0.2) is 9.90 Å². The van der Waals surface area contributed by atoms with Gasteiger partial charge in [0, 0.05) is 12.2 Å². The predicted octanol–water partition coefficient (Wildman–Crippen LogP) is 2.05. The van der Waals surface area contributed by atoms with E-state index in [1.54, 1.807) is 0 Å². The van der Waals surface area contributed by atoms with E-state index in [0.717, 1.165) is 30.9 Å². The van der Waals surface area contributed by atoms with E-state index in [-0.39, 0.29) is 0 Å². The average molecular weight is 221 g/mol. The molecule has 1 fully saturated rings. The van der Waals surface area contributed by atoms with Gasteiger partial charge in [0.2, 0.25) is 0 Å². The lowest BCUT2D eigenvalue weighted by molar-refractivity contribution is -0.102. The van der Waals surface area contributed by atoms with Gasteiger partial charge < -0.3 is 10.1 Å². The van der Waals surface area contributed by atoms with Crippen molar-refractivity contribution >= 4 is 11.4 Å². The normalized spacial score (nSPS) is 16.2. The Hall–Kier alpha value is -1.26. The lowest BCUT2D eigenvalue weighted by Gasteiger charge is -2.27. The van der Waals surface area contributed by atoms with Crippen LogP contribution in [-0.2, 0) is 9.57 Å². The first-order valence-corrected chi connectivity index (χ1v) is 5.51. The molecule has 4 nitrogen and oxygen atoms in total. The molecule has 0 amide bonds. The van der Waals surface area contributed by atoms with Crippen molar-refractivity contribution in [2.45, 2.75) is 6.42 Å². The van der Waals surface area contributed by atoms with E-state index in [1.807, 2.05) is 29.3 Å². The highest BCUT2D eigenvalue weighted by Crippen LogP contribution is 2.19. The van der Waals surface area contributed by atoms with Crippen LogP contribution in [0.5, 0.6) is 0 Å². The lowest BCUT2D eigenvalue weighted by atomic mass is 10.2. The molecule has 1 aliphatic rings. The van der Waals surface area contributed by atoms with Crippen molar-refractivity contribution in [1.82, 2.24) is 0 Å². The van der Waals surface area contributed by atoms with E-state index in [4.69, 9.17) is 9.57 Å². The zero-order chi connectivity index (χ0) is 11.2. The third kappa shape index (κ3) is 2.87. The lowest BCUT2D eigenvalue weighted by Crippen LogP contribution is -2.34. The molecule has 1 heterocycles. The van der Waals surface area contributed by atoms with Gasteiger partial charge in [0.15, 0.2) is 6.79 Å². The van der Waals surface area contributed by atoms with Crippen LogP contribution in [-0.4, -0.2) is 26.5 Å². The fourth-order valence-corrected chi connectivity index (χ4v) is 1.55. The maximum atomic E-state index is 5.37. The molecule has 0 aromatic heterocycles. The van der Waals surface area contributed by atoms with Gasteiger partial charge in [-0.05, 0) is 30.7 Å². The van der Waals surface area contributed by atoms with Crippen molar-refractivity contribution in [3.63, 3.8) is 0 Å². The molecule has 16 heavy (non-hydrogen) atoms. The number of nitrogens with zero attached hydrogens (tertiary/aromatic N) is 1. The second-order valence-electron chi connectivity index (χ2n) is 3.58. The minimum Gasteiger partial charge on any atom is -0.385 e. The second kappa shape index (κ2) is 5.72. The Morgan fingerprint density at radius 2 is 2.12 bits per heavy atom. The molecule has 1 saturated heterocycles. The van der Waals surface area contributed by atoms with E-state index in [2.05, 4.69) is 12.2 Å². The number of hydrogen-bond donors (Lipinski definition) is 1. The monoisotopic (exact) mass is 221 g/mol. The van der Waals surface area contributed by atoms with Gasteiger partial charge in [-0.15, -0.1) is 0 Å². The van der Waals surface area contributed by atoms with Crippen LogP contribution in [0, 0.1) is 6.92 Å². The molecule has 1 radical (unpaired) electrons. The Morgan fingerprint density at radius 3 is 2.75 bits per heavy atom. The van der Waals surface area contributed by atoms with Gasteiger partial charge >= 0.3 is 0 Å². The first-order chi connectivity index (χ1) is 7.90. The number of hydroxylamine groups is 1. The SMILES string of the molecule is [CH2]CCNc1ccc(N2CCOCO2)cc1. The van der Waals surface area contributed by atoms with Crippen LogP contribution in [0.2, 0.25) is 0 Å². The topological polar surface area (TPSA) is 33.7 Å². The summed E-state index contributed by atoms with van der Waals surface area (Å²) < 4.78 is 5.11. The first kappa shape index (κ1) is 11.2. The summed E-state index contributed by atoms with van der Waals surface area (Å²) in [6, 6.07) is 8.17. The zero-order valence-corrected chi connectivity index (χ0v) is 9.32. The Labute approximate surface area is 96.1 Å². The van der Waals surface area contributed by atoms with E-state index >= 15 is 0 Å². The molecule has 0 aliphatic carbocycles. The van der Waals surface area contributed by atoms with Gasteiger partial charge in [0.25, 0.3) is 0 Å². The quantitative estimate of drug-likeness (QED) is 0.843. The number of rotatable bonds is 4. The third-order valence-electron chi connectivity index (χ3n) is 2.39. The molecule has 1 aromatic carbocycles. The highest BCUT2D eigenvalue weighted by atomic mass is 16.8. The number of benzene rings is 1. The molecule has 2 rings (SSSR count). The molecule has 0 bridgehead atoms. The summed E-state index contributed by atoms with van der Waals surface area (Å²) in [6.45, 7) is 6.50. The van der Waals surface area contributed by atoms with Crippen molar-refractivity contribution in [1.29, 1.82) is 0 Å². The maximum Gasteiger partial charge on any atom is 0.173 e. The Morgan fingerprint density at radius 1 is 1.31 bits per heavy atom. The number of nitrogens with one attached hydrogen (secondary N) is 1. The molecular formula is C12H17N2O2. The van der Waals surface area contributed by atoms with Crippen LogP contribution in [0.4, 0.5) is 11.4 Å². The standard InChI is InChI=1S/C12H17N2O2/c1-2-7-13-11-3-5-12(6-4-11)14-8-9-15-10-16-14/h3-6,13H,1-2,7-10H2. The van der Waals surface area contributed by atoms with Crippen LogP contribution < -0.4 is 10.4 Å². The summed E-state index contributed by atoms with van der Waals surface area (Å²) in [7, 11) is 0. The summed E-state index contributed by atoms with van der Waals surface area (Å²) >= 11 is 0. The summed E-state index contributed by atoms with van der Waals surface area (Å²) in [6.07, 6.45) is 0.883. The molecule has 1 N–H and O–H groups in total.